The second kappa shape index (κ2) is 9.14. The number of hydrogen-bond acceptors (Lipinski definition) is 4. The molecule has 5 heteroatoms. The Kier molecular flexibility index (Phi) is 6.63. The zero-order valence-corrected chi connectivity index (χ0v) is 16.3. The molecule has 1 aromatic rings. The topological polar surface area (TPSA) is 57.1 Å². The molecule has 1 unspecified atom stereocenters. The van der Waals surface area contributed by atoms with Gasteiger partial charge in [-0.05, 0) is 37.4 Å². The van der Waals surface area contributed by atoms with Gasteiger partial charge in [-0.15, -0.1) is 12.3 Å². The van der Waals surface area contributed by atoms with E-state index in [2.05, 4.69) is 57.6 Å². The van der Waals surface area contributed by atoms with Crippen LogP contribution in [0.3, 0.4) is 0 Å². The average Bonchev–Trinajstić information content (AvgIpc) is 3.46. The summed E-state index contributed by atoms with van der Waals surface area (Å²) in [6.07, 6.45) is 11.7. The van der Waals surface area contributed by atoms with Gasteiger partial charge in [0.25, 0.3) is 0 Å². The highest BCUT2D eigenvalue weighted by Crippen LogP contribution is 2.37. The molecule has 0 aromatic heterocycles. The van der Waals surface area contributed by atoms with Crippen LogP contribution in [-0.4, -0.2) is 29.1 Å². The Balaban J connectivity index is 1.38. The first-order chi connectivity index (χ1) is 13.1. The van der Waals surface area contributed by atoms with Gasteiger partial charge in [0.05, 0.1) is 0 Å². The zero-order valence-electron chi connectivity index (χ0n) is 16.3. The molecule has 0 saturated carbocycles. The number of likely N-dealkylation sites (tertiary alicyclic amines) is 1. The molecular weight excluding hydrogens is 336 g/mol. The van der Waals surface area contributed by atoms with E-state index in [1.807, 2.05) is 0 Å². The Morgan fingerprint density at radius 1 is 1.26 bits per heavy atom. The van der Waals surface area contributed by atoms with E-state index < -0.39 is 0 Å². The fraction of sp³-hybridized carbons (Fsp3) is 0.591. The highest BCUT2D eigenvalue weighted by Gasteiger charge is 2.39. The van der Waals surface area contributed by atoms with Crippen LogP contribution in [0.15, 0.2) is 34.5 Å². The maximum absolute atomic E-state index is 12.1. The number of hydrogen-bond donors (Lipinski definition) is 1. The molecule has 3 rings (SSSR count). The predicted molar refractivity (Wildman–Crippen MR) is 107 cm³/mol. The SMILES string of the molecule is C#CCCC1(CCC(=O)NCc2ccc(CN3CCCCC3C)cc2)N=N1. The summed E-state index contributed by atoms with van der Waals surface area (Å²) >= 11 is 0. The van der Waals surface area contributed by atoms with Gasteiger partial charge in [-0.3, -0.25) is 9.69 Å². The highest BCUT2D eigenvalue weighted by molar-refractivity contribution is 5.76. The smallest absolute Gasteiger partial charge is 0.220 e. The summed E-state index contributed by atoms with van der Waals surface area (Å²) in [5, 5.41) is 11.1. The van der Waals surface area contributed by atoms with E-state index in [4.69, 9.17) is 6.42 Å². The zero-order chi connectivity index (χ0) is 19.1. The molecule has 0 bridgehead atoms. The van der Waals surface area contributed by atoms with E-state index >= 15 is 0 Å². The fourth-order valence-electron chi connectivity index (χ4n) is 3.66. The minimum absolute atomic E-state index is 0.0404. The maximum atomic E-state index is 12.1. The Morgan fingerprint density at radius 2 is 2.00 bits per heavy atom. The summed E-state index contributed by atoms with van der Waals surface area (Å²) < 4.78 is 0. The Bertz CT molecular complexity index is 698. The van der Waals surface area contributed by atoms with Gasteiger partial charge in [-0.1, -0.05) is 30.7 Å². The minimum atomic E-state index is -0.378. The lowest BCUT2D eigenvalue weighted by molar-refractivity contribution is -0.121. The van der Waals surface area contributed by atoms with Gasteiger partial charge in [0.2, 0.25) is 5.91 Å². The van der Waals surface area contributed by atoms with Crippen LogP contribution in [0, 0.1) is 12.3 Å². The fourth-order valence-corrected chi connectivity index (χ4v) is 3.66. The summed E-state index contributed by atoms with van der Waals surface area (Å²) in [6, 6.07) is 9.26. The average molecular weight is 367 g/mol. The van der Waals surface area contributed by atoms with Crippen molar-refractivity contribution in [1.29, 1.82) is 0 Å². The monoisotopic (exact) mass is 366 g/mol. The predicted octanol–water partition coefficient (Wildman–Crippen LogP) is 4.03. The molecule has 0 aliphatic carbocycles. The van der Waals surface area contributed by atoms with Gasteiger partial charge in [0.1, 0.15) is 0 Å². The van der Waals surface area contributed by atoms with Crippen LogP contribution < -0.4 is 5.32 Å². The van der Waals surface area contributed by atoms with Crippen LogP contribution in [0.2, 0.25) is 0 Å². The normalized spacial score (nSPS) is 20.8. The van der Waals surface area contributed by atoms with E-state index in [0.717, 1.165) is 18.5 Å². The molecule has 1 N–H and O–H groups in total. The quantitative estimate of drug-likeness (QED) is 0.671. The summed E-state index contributed by atoms with van der Waals surface area (Å²) in [6.45, 7) is 5.09. The molecule has 2 heterocycles. The molecule has 0 radical (unpaired) electrons. The molecule has 27 heavy (non-hydrogen) atoms. The van der Waals surface area contributed by atoms with Gasteiger partial charge in [0.15, 0.2) is 5.66 Å². The van der Waals surface area contributed by atoms with Crippen molar-refractivity contribution < 1.29 is 4.79 Å². The third-order valence-corrected chi connectivity index (χ3v) is 5.64. The molecular formula is C22H30N4O. The van der Waals surface area contributed by atoms with Crippen molar-refractivity contribution in [2.24, 2.45) is 10.2 Å². The number of carbonyl (C=O) groups is 1. The van der Waals surface area contributed by atoms with Crippen LogP contribution in [0.1, 0.15) is 63.0 Å². The third-order valence-electron chi connectivity index (χ3n) is 5.64. The molecule has 1 aromatic carbocycles. The molecule has 1 amide bonds. The first kappa shape index (κ1) is 19.6. The molecule has 2 aliphatic heterocycles. The number of rotatable bonds is 9. The molecule has 1 atom stereocenters. The summed E-state index contributed by atoms with van der Waals surface area (Å²) in [5.41, 5.74) is 2.09. The van der Waals surface area contributed by atoms with E-state index in [9.17, 15) is 4.79 Å². The van der Waals surface area contributed by atoms with Crippen LogP contribution >= 0.6 is 0 Å². The van der Waals surface area contributed by atoms with Gasteiger partial charge in [-0.25, -0.2) is 0 Å². The van der Waals surface area contributed by atoms with E-state index in [1.54, 1.807) is 0 Å². The first-order valence-corrected chi connectivity index (χ1v) is 10.1. The van der Waals surface area contributed by atoms with Crippen molar-refractivity contribution in [2.45, 2.75) is 76.7 Å². The largest absolute Gasteiger partial charge is 0.352 e. The van der Waals surface area contributed by atoms with Crippen LogP contribution in [0.5, 0.6) is 0 Å². The van der Waals surface area contributed by atoms with Crippen molar-refractivity contribution in [3.63, 3.8) is 0 Å². The van der Waals surface area contributed by atoms with Crippen LogP contribution in [0.4, 0.5) is 0 Å². The summed E-state index contributed by atoms with van der Waals surface area (Å²) in [5.74, 6) is 2.65. The number of piperidine rings is 1. The second-order valence-corrected chi connectivity index (χ2v) is 7.80. The van der Waals surface area contributed by atoms with E-state index in [1.165, 1.54) is 31.4 Å². The molecule has 0 spiro atoms. The van der Waals surface area contributed by atoms with Crippen molar-refractivity contribution in [3.8, 4) is 12.3 Å². The Labute approximate surface area is 162 Å². The number of carbonyl (C=O) groups excluding carboxylic acids is 1. The molecule has 5 nitrogen and oxygen atoms in total. The molecule has 144 valence electrons. The Hall–Kier alpha value is -2.19. The van der Waals surface area contributed by atoms with Crippen molar-refractivity contribution >= 4 is 5.91 Å². The maximum Gasteiger partial charge on any atom is 0.220 e. The number of nitrogens with zero attached hydrogens (tertiary/aromatic N) is 3. The number of terminal acetylenes is 1. The lowest BCUT2D eigenvalue weighted by Gasteiger charge is -2.33. The number of benzene rings is 1. The minimum Gasteiger partial charge on any atom is -0.352 e. The number of nitrogens with one attached hydrogen (secondary N) is 1. The lowest BCUT2D eigenvalue weighted by Crippen LogP contribution is -2.36. The van der Waals surface area contributed by atoms with Gasteiger partial charge in [0, 0.05) is 44.8 Å². The third kappa shape index (κ3) is 5.90. The molecule has 2 aliphatic rings. The van der Waals surface area contributed by atoms with Gasteiger partial charge < -0.3 is 5.32 Å². The van der Waals surface area contributed by atoms with E-state index in [0.29, 0.717) is 31.8 Å². The number of amides is 1. The highest BCUT2D eigenvalue weighted by atomic mass is 16.1. The van der Waals surface area contributed by atoms with Crippen molar-refractivity contribution in [2.75, 3.05) is 6.54 Å². The van der Waals surface area contributed by atoms with Gasteiger partial charge in [-0.2, -0.15) is 10.2 Å². The summed E-state index contributed by atoms with van der Waals surface area (Å²) in [4.78, 5) is 14.6. The molecule has 1 fully saturated rings. The second-order valence-electron chi connectivity index (χ2n) is 7.80. The standard InChI is InChI=1S/C22H30N4O/c1-3-4-13-22(24-25-22)14-12-21(27)23-16-19-8-10-20(11-9-19)17-26-15-6-5-7-18(26)2/h1,8-11,18H,4-7,12-17H2,2H3,(H,23,27). The van der Waals surface area contributed by atoms with Gasteiger partial charge >= 0.3 is 0 Å². The van der Waals surface area contributed by atoms with E-state index in [-0.39, 0.29) is 11.6 Å². The molecule has 1 saturated heterocycles. The first-order valence-electron chi connectivity index (χ1n) is 10.1. The summed E-state index contributed by atoms with van der Waals surface area (Å²) in [7, 11) is 0. The van der Waals surface area contributed by atoms with Crippen LogP contribution in [0.25, 0.3) is 0 Å². The van der Waals surface area contributed by atoms with Crippen molar-refractivity contribution in [1.82, 2.24) is 10.2 Å². The van der Waals surface area contributed by atoms with Crippen LogP contribution in [-0.2, 0) is 17.9 Å². The lowest BCUT2D eigenvalue weighted by atomic mass is 10.0. The Morgan fingerprint density at radius 3 is 2.67 bits per heavy atom. The van der Waals surface area contributed by atoms with Crippen molar-refractivity contribution in [3.05, 3.63) is 35.4 Å².